The average molecular weight is 377 g/mol. The summed E-state index contributed by atoms with van der Waals surface area (Å²) in [5.74, 6) is -0.0504. The van der Waals surface area contributed by atoms with Crippen molar-refractivity contribution in [2.24, 2.45) is 28.8 Å². The number of furan rings is 1. The first kappa shape index (κ1) is 16.6. The molecule has 3 aliphatic rings. The minimum atomic E-state index is -0.474. The second-order valence-electron chi connectivity index (χ2n) is 7.24. The van der Waals surface area contributed by atoms with Gasteiger partial charge in [-0.3, -0.25) is 19.7 Å². The normalized spacial score (nSPS) is 27.9. The molecule has 0 N–H and O–H groups in total. The van der Waals surface area contributed by atoms with Crippen molar-refractivity contribution >= 4 is 23.7 Å². The van der Waals surface area contributed by atoms with Gasteiger partial charge in [0.2, 0.25) is 0 Å². The van der Waals surface area contributed by atoms with Crippen molar-refractivity contribution in [2.75, 3.05) is 0 Å². The smallest absolute Gasteiger partial charge is 0.270 e. The monoisotopic (exact) mass is 377 g/mol. The molecule has 1 saturated carbocycles. The van der Waals surface area contributed by atoms with E-state index < -0.39 is 4.92 Å². The van der Waals surface area contributed by atoms with E-state index in [1.165, 1.54) is 18.3 Å². The van der Waals surface area contributed by atoms with Crippen LogP contribution < -0.4 is 0 Å². The number of imide groups is 1. The Morgan fingerprint density at radius 3 is 2.50 bits per heavy atom. The van der Waals surface area contributed by atoms with Crippen LogP contribution in [-0.4, -0.2) is 28.0 Å². The van der Waals surface area contributed by atoms with Crippen LogP contribution in [-0.2, 0) is 9.59 Å². The maximum atomic E-state index is 12.6. The Bertz CT molecular complexity index is 1040. The summed E-state index contributed by atoms with van der Waals surface area (Å²) in [5, 5.41) is 15.9. The van der Waals surface area contributed by atoms with E-state index in [0.29, 0.717) is 17.1 Å². The molecule has 28 heavy (non-hydrogen) atoms. The van der Waals surface area contributed by atoms with Crippen LogP contribution in [0.25, 0.3) is 11.3 Å². The first-order valence-corrected chi connectivity index (χ1v) is 8.98. The number of carbonyl (C=O) groups excluding carboxylic acids is 2. The van der Waals surface area contributed by atoms with Crippen molar-refractivity contribution in [3.8, 4) is 11.3 Å². The van der Waals surface area contributed by atoms with E-state index in [1.807, 2.05) is 12.2 Å². The molecule has 2 heterocycles. The van der Waals surface area contributed by atoms with Crippen LogP contribution in [0.2, 0.25) is 0 Å². The van der Waals surface area contributed by atoms with Gasteiger partial charge in [-0.15, -0.1) is 0 Å². The summed E-state index contributed by atoms with van der Waals surface area (Å²) in [5.41, 5.74) is 0.520. The van der Waals surface area contributed by atoms with Crippen LogP contribution >= 0.6 is 0 Å². The predicted molar refractivity (Wildman–Crippen MR) is 98.0 cm³/mol. The van der Waals surface area contributed by atoms with Crippen LogP contribution in [0.1, 0.15) is 12.2 Å². The van der Waals surface area contributed by atoms with Gasteiger partial charge in [-0.2, -0.15) is 10.1 Å². The number of nitrogens with zero attached hydrogens (tertiary/aromatic N) is 3. The van der Waals surface area contributed by atoms with E-state index in [4.69, 9.17) is 4.42 Å². The van der Waals surface area contributed by atoms with Crippen LogP contribution in [0.3, 0.4) is 0 Å². The number of hydrogen-bond acceptors (Lipinski definition) is 6. The van der Waals surface area contributed by atoms with Crippen molar-refractivity contribution < 1.29 is 18.9 Å². The molecule has 2 amide bonds. The quantitative estimate of drug-likeness (QED) is 0.268. The van der Waals surface area contributed by atoms with Gasteiger partial charge in [0.1, 0.15) is 11.5 Å². The van der Waals surface area contributed by atoms with Crippen molar-refractivity contribution in [3.63, 3.8) is 0 Å². The van der Waals surface area contributed by atoms with Crippen molar-refractivity contribution in [1.29, 1.82) is 0 Å². The zero-order valence-corrected chi connectivity index (χ0v) is 14.6. The predicted octanol–water partition coefficient (Wildman–Crippen LogP) is 3.00. The molecule has 1 aliphatic heterocycles. The Morgan fingerprint density at radius 2 is 1.82 bits per heavy atom. The van der Waals surface area contributed by atoms with Gasteiger partial charge in [0.15, 0.2) is 0 Å². The third-order valence-corrected chi connectivity index (χ3v) is 5.72. The molecular formula is C20H15N3O5. The first-order valence-electron chi connectivity index (χ1n) is 8.98. The van der Waals surface area contributed by atoms with E-state index in [1.54, 1.807) is 24.3 Å². The highest BCUT2D eigenvalue weighted by Gasteiger charge is 2.59. The highest BCUT2D eigenvalue weighted by molar-refractivity contribution is 6.06. The van der Waals surface area contributed by atoms with Gasteiger partial charge in [0.25, 0.3) is 17.5 Å². The molecule has 0 spiro atoms. The standard InChI is InChI=1S/C20H15N3O5/c24-19-17-12-4-5-13(8-12)18(17)20(25)22(19)21-10-15-6-7-16(28-15)11-2-1-3-14(9-11)23(26)27/h1-7,9-10,12-13,17-18H,8H2/b21-10-/t12-,13-,17-,18+/m0/s1. The second kappa shape index (κ2) is 5.98. The summed E-state index contributed by atoms with van der Waals surface area (Å²) >= 11 is 0. The molecule has 2 aromatic rings. The number of hydrazone groups is 1. The van der Waals surface area contributed by atoms with E-state index in [2.05, 4.69) is 5.10 Å². The number of nitro benzene ring substituents is 1. The number of benzene rings is 1. The number of carbonyl (C=O) groups is 2. The second-order valence-corrected chi connectivity index (χ2v) is 7.24. The lowest BCUT2D eigenvalue weighted by Crippen LogP contribution is -2.28. The molecule has 8 heteroatoms. The number of rotatable bonds is 4. The lowest BCUT2D eigenvalue weighted by Gasteiger charge is -2.13. The summed E-state index contributed by atoms with van der Waals surface area (Å²) < 4.78 is 5.65. The Hall–Kier alpha value is -3.55. The number of fused-ring (bicyclic) bond motifs is 5. The van der Waals surface area contributed by atoms with Crippen molar-refractivity contribution in [1.82, 2.24) is 5.01 Å². The molecule has 2 bridgehead atoms. The van der Waals surface area contributed by atoms with Crippen molar-refractivity contribution in [2.45, 2.75) is 6.42 Å². The van der Waals surface area contributed by atoms with Gasteiger partial charge >= 0.3 is 0 Å². The largest absolute Gasteiger partial charge is 0.455 e. The zero-order chi connectivity index (χ0) is 19.4. The van der Waals surface area contributed by atoms with Crippen LogP contribution in [0.15, 0.2) is 58.1 Å². The number of hydrogen-bond donors (Lipinski definition) is 0. The molecule has 0 unspecified atom stereocenters. The Kier molecular flexibility index (Phi) is 3.55. The van der Waals surface area contributed by atoms with E-state index in [0.717, 1.165) is 11.4 Å². The zero-order valence-electron chi connectivity index (χ0n) is 14.6. The maximum Gasteiger partial charge on any atom is 0.270 e. The summed E-state index contributed by atoms with van der Waals surface area (Å²) in [6.45, 7) is 0. The van der Waals surface area contributed by atoms with Gasteiger partial charge in [-0.1, -0.05) is 24.3 Å². The number of allylic oxidation sites excluding steroid dienone is 2. The SMILES string of the molecule is O=C1[C@@H]2[C@H](C(=O)N1/N=C\c1ccc(-c3cccc([N+](=O)[O-])c3)o1)[C@H]1C=C[C@H]2C1. The van der Waals surface area contributed by atoms with E-state index in [-0.39, 0.29) is 41.2 Å². The highest BCUT2D eigenvalue weighted by Crippen LogP contribution is 2.52. The van der Waals surface area contributed by atoms with Gasteiger partial charge in [0.05, 0.1) is 23.0 Å². The Balaban J connectivity index is 1.36. The molecule has 1 saturated heterocycles. The minimum absolute atomic E-state index is 0.0350. The fourth-order valence-corrected chi connectivity index (χ4v) is 4.47. The Morgan fingerprint density at radius 1 is 1.11 bits per heavy atom. The van der Waals surface area contributed by atoms with Gasteiger partial charge in [-0.05, 0) is 30.4 Å². The topological polar surface area (TPSA) is 106 Å². The summed E-state index contributed by atoms with van der Waals surface area (Å²) in [7, 11) is 0. The lowest BCUT2D eigenvalue weighted by molar-refractivity contribution is -0.384. The number of amides is 2. The molecule has 140 valence electrons. The number of nitro groups is 1. The third kappa shape index (κ3) is 2.41. The van der Waals surface area contributed by atoms with E-state index in [9.17, 15) is 19.7 Å². The van der Waals surface area contributed by atoms with Gasteiger partial charge in [-0.25, -0.2) is 0 Å². The maximum absolute atomic E-state index is 12.6. The lowest BCUT2D eigenvalue weighted by atomic mass is 9.85. The summed E-state index contributed by atoms with van der Waals surface area (Å²) in [4.78, 5) is 35.6. The first-order chi connectivity index (χ1) is 13.5. The molecule has 0 radical (unpaired) electrons. The summed E-state index contributed by atoms with van der Waals surface area (Å²) in [6, 6.07) is 9.38. The van der Waals surface area contributed by atoms with Gasteiger partial charge in [0, 0.05) is 17.7 Å². The van der Waals surface area contributed by atoms with Gasteiger partial charge < -0.3 is 4.42 Å². The molecule has 1 aromatic heterocycles. The summed E-state index contributed by atoms with van der Waals surface area (Å²) in [6.07, 6.45) is 6.26. The fourth-order valence-electron chi connectivity index (χ4n) is 4.47. The number of non-ortho nitro benzene ring substituents is 1. The minimum Gasteiger partial charge on any atom is -0.455 e. The Labute approximate surface area is 159 Å². The van der Waals surface area contributed by atoms with Crippen LogP contribution in [0.5, 0.6) is 0 Å². The highest BCUT2D eigenvalue weighted by atomic mass is 16.6. The fraction of sp³-hybridized carbons (Fsp3) is 0.250. The van der Waals surface area contributed by atoms with Crippen LogP contribution in [0.4, 0.5) is 5.69 Å². The molecule has 5 rings (SSSR count). The molecular weight excluding hydrogens is 362 g/mol. The average Bonchev–Trinajstić information content (AvgIpc) is 3.46. The third-order valence-electron chi connectivity index (χ3n) is 5.72. The molecule has 8 nitrogen and oxygen atoms in total. The van der Waals surface area contributed by atoms with Crippen molar-refractivity contribution in [3.05, 3.63) is 64.4 Å². The molecule has 2 fully saturated rings. The van der Waals surface area contributed by atoms with Crippen LogP contribution in [0, 0.1) is 33.8 Å². The van der Waals surface area contributed by atoms with E-state index >= 15 is 0 Å². The molecule has 1 aromatic carbocycles. The molecule has 4 atom stereocenters. The molecule has 2 aliphatic carbocycles.